The Morgan fingerprint density at radius 2 is 1.27 bits per heavy atom. The number of anilines is 4. The molecule has 0 spiro atoms. The van der Waals surface area contributed by atoms with Crippen LogP contribution >= 0.6 is 0 Å². The van der Waals surface area contributed by atoms with Crippen LogP contribution in [0, 0.1) is 6.92 Å². The first-order chi connectivity index (χ1) is 17.5. The molecule has 0 saturated heterocycles. The topological polar surface area (TPSA) is 110 Å². The molecule has 4 rings (SSSR count). The van der Waals surface area contributed by atoms with Gasteiger partial charge >= 0.3 is 6.18 Å². The molecule has 0 aliphatic carbocycles. The van der Waals surface area contributed by atoms with Crippen LogP contribution in [0.3, 0.4) is 0 Å². The lowest BCUT2D eigenvalue weighted by atomic mass is 9.94. The number of amides is 2. The van der Waals surface area contributed by atoms with Gasteiger partial charge in [0.1, 0.15) is 0 Å². The summed E-state index contributed by atoms with van der Waals surface area (Å²) in [5.74, 6) is -0.950. The lowest BCUT2D eigenvalue weighted by Gasteiger charge is -2.17. The van der Waals surface area contributed by atoms with Gasteiger partial charge in [-0.05, 0) is 90.3 Å². The summed E-state index contributed by atoms with van der Waals surface area (Å²) in [5.41, 5.74) is 13.2. The SMILES string of the molecule is Cc1cc(NC(=O)c2cccc(N)c2)ccc1-c1ccc(NC(=O)c2ccc(N)cc2)cc1C(F)(F)F. The van der Waals surface area contributed by atoms with E-state index in [0.717, 1.165) is 6.07 Å². The number of halogens is 3. The van der Waals surface area contributed by atoms with E-state index in [1.54, 1.807) is 31.2 Å². The van der Waals surface area contributed by atoms with Crippen molar-refractivity contribution in [2.45, 2.75) is 13.1 Å². The van der Waals surface area contributed by atoms with Crippen molar-refractivity contribution in [3.05, 3.63) is 107 Å². The molecule has 188 valence electrons. The number of carbonyl (C=O) groups excluding carboxylic acids is 2. The third-order valence-corrected chi connectivity index (χ3v) is 5.68. The Kier molecular flexibility index (Phi) is 6.88. The summed E-state index contributed by atoms with van der Waals surface area (Å²) in [5, 5.41) is 5.23. The predicted octanol–water partition coefficient (Wildman–Crippen LogP) is 6.35. The van der Waals surface area contributed by atoms with E-state index in [2.05, 4.69) is 10.6 Å². The number of rotatable bonds is 5. The Balaban J connectivity index is 1.61. The Hall–Kier alpha value is -4.79. The van der Waals surface area contributed by atoms with E-state index < -0.39 is 23.6 Å². The number of hydrogen-bond acceptors (Lipinski definition) is 4. The molecular formula is C28H23F3N4O2. The maximum atomic E-state index is 14.0. The molecule has 0 aliphatic rings. The molecule has 0 radical (unpaired) electrons. The van der Waals surface area contributed by atoms with Crippen LogP contribution in [0.1, 0.15) is 31.8 Å². The highest BCUT2D eigenvalue weighted by molar-refractivity contribution is 6.05. The highest BCUT2D eigenvalue weighted by atomic mass is 19.4. The second-order valence-electron chi connectivity index (χ2n) is 8.44. The van der Waals surface area contributed by atoms with Gasteiger partial charge in [0.05, 0.1) is 5.56 Å². The molecule has 0 bridgehead atoms. The average Bonchev–Trinajstić information content (AvgIpc) is 2.84. The van der Waals surface area contributed by atoms with Gasteiger partial charge < -0.3 is 22.1 Å². The molecular weight excluding hydrogens is 481 g/mol. The van der Waals surface area contributed by atoms with Crippen molar-refractivity contribution < 1.29 is 22.8 Å². The lowest BCUT2D eigenvalue weighted by molar-refractivity contribution is -0.137. The van der Waals surface area contributed by atoms with Gasteiger partial charge in [0, 0.05) is 33.9 Å². The summed E-state index contributed by atoms with van der Waals surface area (Å²) in [7, 11) is 0. The quantitative estimate of drug-likeness (QED) is 0.237. The van der Waals surface area contributed by atoms with Crippen LogP contribution in [0.4, 0.5) is 35.9 Å². The molecule has 6 N–H and O–H groups in total. The first kappa shape index (κ1) is 25.3. The number of hydrogen-bond donors (Lipinski definition) is 4. The third-order valence-electron chi connectivity index (χ3n) is 5.68. The Bertz CT molecular complexity index is 1480. The van der Waals surface area contributed by atoms with Gasteiger partial charge in [0.15, 0.2) is 0 Å². The largest absolute Gasteiger partial charge is 0.417 e. The highest BCUT2D eigenvalue weighted by Gasteiger charge is 2.34. The maximum absolute atomic E-state index is 14.0. The van der Waals surface area contributed by atoms with E-state index in [1.807, 2.05) is 0 Å². The molecule has 0 saturated carbocycles. The number of alkyl halides is 3. The molecule has 0 unspecified atom stereocenters. The molecule has 6 nitrogen and oxygen atoms in total. The highest BCUT2D eigenvalue weighted by Crippen LogP contribution is 2.40. The summed E-state index contributed by atoms with van der Waals surface area (Å²) in [6.45, 7) is 1.66. The van der Waals surface area contributed by atoms with Crippen molar-refractivity contribution in [3.8, 4) is 11.1 Å². The average molecular weight is 505 g/mol. The number of carbonyl (C=O) groups is 2. The fraction of sp³-hybridized carbons (Fsp3) is 0.0714. The molecule has 0 fully saturated rings. The lowest BCUT2D eigenvalue weighted by Crippen LogP contribution is -2.14. The van der Waals surface area contributed by atoms with Crippen molar-refractivity contribution >= 4 is 34.6 Å². The summed E-state index contributed by atoms with van der Waals surface area (Å²) < 4.78 is 42.1. The van der Waals surface area contributed by atoms with Gasteiger partial charge in [0.25, 0.3) is 11.8 Å². The van der Waals surface area contributed by atoms with Crippen LogP contribution in [0.2, 0.25) is 0 Å². The van der Waals surface area contributed by atoms with Gasteiger partial charge in [0.2, 0.25) is 0 Å². The van der Waals surface area contributed by atoms with Crippen LogP contribution in [-0.2, 0) is 6.18 Å². The predicted molar refractivity (Wildman–Crippen MR) is 139 cm³/mol. The molecule has 0 aromatic heterocycles. The van der Waals surface area contributed by atoms with Crippen molar-refractivity contribution in [1.29, 1.82) is 0 Å². The van der Waals surface area contributed by atoms with Crippen LogP contribution in [0.5, 0.6) is 0 Å². The van der Waals surface area contributed by atoms with Gasteiger partial charge in [-0.1, -0.05) is 18.2 Å². The summed E-state index contributed by atoms with van der Waals surface area (Å²) >= 11 is 0. The first-order valence-corrected chi connectivity index (χ1v) is 11.2. The van der Waals surface area contributed by atoms with Crippen molar-refractivity contribution in [2.75, 3.05) is 22.1 Å². The standard InChI is InChI=1S/C28H23F3N4O2/c1-16-13-21(34-27(37)18-3-2-4-20(33)14-18)9-11-23(16)24-12-10-22(15-25(24)28(29,30)31)35-26(36)17-5-7-19(32)8-6-17/h2-15H,32-33H2,1H3,(H,34,37)(H,35,36). The van der Waals surface area contributed by atoms with E-state index in [9.17, 15) is 22.8 Å². The molecule has 0 atom stereocenters. The number of nitrogen functional groups attached to an aromatic ring is 2. The number of aryl methyl sites for hydroxylation is 1. The van der Waals surface area contributed by atoms with Gasteiger partial charge in [-0.2, -0.15) is 13.2 Å². The van der Waals surface area contributed by atoms with Crippen molar-refractivity contribution in [3.63, 3.8) is 0 Å². The second kappa shape index (κ2) is 10.1. The monoisotopic (exact) mass is 504 g/mol. The number of nitrogens with one attached hydrogen (secondary N) is 2. The minimum Gasteiger partial charge on any atom is -0.399 e. The fourth-order valence-electron chi connectivity index (χ4n) is 3.86. The van der Waals surface area contributed by atoms with Crippen LogP contribution in [0.15, 0.2) is 84.9 Å². The summed E-state index contributed by atoms with van der Waals surface area (Å²) in [4.78, 5) is 25.0. The fourth-order valence-corrected chi connectivity index (χ4v) is 3.86. The van der Waals surface area contributed by atoms with Crippen LogP contribution in [-0.4, -0.2) is 11.8 Å². The van der Waals surface area contributed by atoms with E-state index >= 15 is 0 Å². The van der Waals surface area contributed by atoms with Crippen LogP contribution in [0.25, 0.3) is 11.1 Å². The zero-order chi connectivity index (χ0) is 26.7. The minimum absolute atomic E-state index is 0.00145. The zero-order valence-electron chi connectivity index (χ0n) is 19.7. The van der Waals surface area contributed by atoms with E-state index in [-0.39, 0.29) is 16.8 Å². The molecule has 0 aliphatic heterocycles. The molecule has 37 heavy (non-hydrogen) atoms. The molecule has 4 aromatic rings. The van der Waals surface area contributed by atoms with Crippen LogP contribution < -0.4 is 22.1 Å². The van der Waals surface area contributed by atoms with Crippen molar-refractivity contribution in [2.24, 2.45) is 0 Å². The number of nitrogens with two attached hydrogens (primary N) is 2. The van der Waals surface area contributed by atoms with E-state index in [4.69, 9.17) is 11.5 Å². The smallest absolute Gasteiger partial charge is 0.399 e. The maximum Gasteiger partial charge on any atom is 0.417 e. The normalized spacial score (nSPS) is 11.1. The van der Waals surface area contributed by atoms with Gasteiger partial charge in [-0.25, -0.2) is 0 Å². The Morgan fingerprint density at radius 1 is 0.676 bits per heavy atom. The van der Waals surface area contributed by atoms with E-state index in [1.165, 1.54) is 54.6 Å². The van der Waals surface area contributed by atoms with Crippen molar-refractivity contribution in [1.82, 2.24) is 0 Å². The van der Waals surface area contributed by atoms with Gasteiger partial charge in [-0.3, -0.25) is 9.59 Å². The van der Waals surface area contributed by atoms with E-state index in [0.29, 0.717) is 33.8 Å². The minimum atomic E-state index is -4.68. The third kappa shape index (κ3) is 5.90. The Labute approximate surface area is 211 Å². The summed E-state index contributed by atoms with van der Waals surface area (Å²) in [6, 6.07) is 20.7. The molecule has 4 aromatic carbocycles. The second-order valence-corrected chi connectivity index (χ2v) is 8.44. The zero-order valence-corrected chi connectivity index (χ0v) is 19.7. The number of benzene rings is 4. The molecule has 2 amide bonds. The first-order valence-electron chi connectivity index (χ1n) is 11.2. The van der Waals surface area contributed by atoms with Gasteiger partial charge in [-0.15, -0.1) is 0 Å². The Morgan fingerprint density at radius 3 is 1.86 bits per heavy atom. The molecule has 0 heterocycles. The molecule has 9 heteroatoms. The summed E-state index contributed by atoms with van der Waals surface area (Å²) in [6.07, 6.45) is -4.68.